The van der Waals surface area contributed by atoms with Gasteiger partial charge in [0.25, 0.3) is 0 Å². The van der Waals surface area contributed by atoms with Gasteiger partial charge in [-0.3, -0.25) is 4.79 Å². The molecule has 0 aromatic heterocycles. The van der Waals surface area contributed by atoms with Gasteiger partial charge in [-0.05, 0) is 19.8 Å². The molecular weight excluding hydrogens is 142 g/mol. The number of nitrogens with zero attached hydrogens (tertiary/aromatic N) is 1. The standard InChI is InChI=1S/C8H11NO2/c1-8(7(10)11-2)3-6(4-8)5-9/h6H,3-4H2,1-2H3. The predicted octanol–water partition coefficient (Wildman–Crippen LogP) is 1.10. The second-order valence-corrected chi connectivity index (χ2v) is 3.29. The first-order chi connectivity index (χ1) is 5.12. The summed E-state index contributed by atoms with van der Waals surface area (Å²) in [6, 6.07) is 2.13. The van der Waals surface area contributed by atoms with E-state index < -0.39 is 0 Å². The summed E-state index contributed by atoms with van der Waals surface area (Å²) in [5.41, 5.74) is -0.380. The van der Waals surface area contributed by atoms with E-state index in [1.54, 1.807) is 0 Å². The van der Waals surface area contributed by atoms with E-state index in [4.69, 9.17) is 5.26 Å². The first kappa shape index (κ1) is 8.06. The largest absolute Gasteiger partial charge is 0.469 e. The maximum atomic E-state index is 11.0. The molecule has 1 saturated carbocycles. The lowest BCUT2D eigenvalue weighted by Crippen LogP contribution is -2.41. The van der Waals surface area contributed by atoms with Crippen LogP contribution in [0.5, 0.6) is 0 Å². The molecule has 3 nitrogen and oxygen atoms in total. The van der Waals surface area contributed by atoms with Crippen LogP contribution in [0.1, 0.15) is 19.8 Å². The van der Waals surface area contributed by atoms with E-state index in [1.807, 2.05) is 6.92 Å². The molecule has 0 bridgehead atoms. The molecule has 1 aliphatic carbocycles. The van der Waals surface area contributed by atoms with Gasteiger partial charge in [-0.1, -0.05) is 0 Å². The van der Waals surface area contributed by atoms with Crippen LogP contribution >= 0.6 is 0 Å². The molecule has 3 heteroatoms. The van der Waals surface area contributed by atoms with Crippen molar-refractivity contribution in [2.24, 2.45) is 11.3 Å². The number of hydrogen-bond acceptors (Lipinski definition) is 3. The van der Waals surface area contributed by atoms with Crippen LogP contribution in [0, 0.1) is 22.7 Å². The molecule has 0 unspecified atom stereocenters. The van der Waals surface area contributed by atoms with Crippen molar-refractivity contribution >= 4 is 5.97 Å². The van der Waals surface area contributed by atoms with Crippen molar-refractivity contribution in [2.45, 2.75) is 19.8 Å². The Kier molecular flexibility index (Phi) is 1.86. The van der Waals surface area contributed by atoms with Gasteiger partial charge in [0.05, 0.1) is 18.6 Å². The molecule has 0 spiro atoms. The number of ether oxygens (including phenoxy) is 1. The third kappa shape index (κ3) is 1.21. The molecular formula is C8H11NO2. The second kappa shape index (κ2) is 2.54. The Balaban J connectivity index is 2.50. The normalized spacial score (nSPS) is 35.2. The van der Waals surface area contributed by atoms with Crippen LogP contribution in [0.3, 0.4) is 0 Å². The van der Waals surface area contributed by atoms with E-state index in [9.17, 15) is 4.79 Å². The molecule has 0 heterocycles. The first-order valence-corrected chi connectivity index (χ1v) is 3.60. The summed E-state index contributed by atoms with van der Waals surface area (Å²) >= 11 is 0. The molecule has 0 amide bonds. The smallest absolute Gasteiger partial charge is 0.311 e. The van der Waals surface area contributed by atoms with Gasteiger partial charge in [0.15, 0.2) is 0 Å². The van der Waals surface area contributed by atoms with Gasteiger partial charge < -0.3 is 4.74 Å². The number of rotatable bonds is 1. The molecule has 0 atom stereocenters. The van der Waals surface area contributed by atoms with Gasteiger partial charge in [-0.25, -0.2) is 0 Å². The van der Waals surface area contributed by atoms with Gasteiger partial charge in [0.2, 0.25) is 0 Å². The summed E-state index contributed by atoms with van der Waals surface area (Å²) < 4.78 is 4.60. The number of carbonyl (C=O) groups excluding carboxylic acids is 1. The zero-order valence-electron chi connectivity index (χ0n) is 6.76. The Bertz CT molecular complexity index is 211. The van der Waals surface area contributed by atoms with Gasteiger partial charge >= 0.3 is 5.97 Å². The Morgan fingerprint density at radius 2 is 2.27 bits per heavy atom. The van der Waals surface area contributed by atoms with Crippen molar-refractivity contribution in [3.63, 3.8) is 0 Å². The number of carbonyl (C=O) groups is 1. The zero-order chi connectivity index (χ0) is 8.48. The summed E-state index contributed by atoms with van der Waals surface area (Å²) in [6.45, 7) is 1.84. The minimum absolute atomic E-state index is 0.0547. The van der Waals surface area contributed by atoms with E-state index in [2.05, 4.69) is 10.8 Å². The Labute approximate surface area is 66.0 Å². The van der Waals surface area contributed by atoms with Gasteiger partial charge in [-0.15, -0.1) is 0 Å². The average molecular weight is 153 g/mol. The predicted molar refractivity (Wildman–Crippen MR) is 38.5 cm³/mol. The van der Waals surface area contributed by atoms with Crippen LogP contribution in [0.25, 0.3) is 0 Å². The van der Waals surface area contributed by atoms with Crippen molar-refractivity contribution < 1.29 is 9.53 Å². The molecule has 1 rings (SSSR count). The van der Waals surface area contributed by atoms with Crippen molar-refractivity contribution in [3.05, 3.63) is 0 Å². The van der Waals surface area contributed by atoms with E-state index in [0.29, 0.717) is 12.8 Å². The van der Waals surface area contributed by atoms with Crippen LogP contribution < -0.4 is 0 Å². The van der Waals surface area contributed by atoms with Crippen molar-refractivity contribution in [3.8, 4) is 6.07 Å². The molecule has 0 N–H and O–H groups in total. The fourth-order valence-electron chi connectivity index (χ4n) is 1.53. The van der Waals surface area contributed by atoms with Gasteiger partial charge in [-0.2, -0.15) is 5.26 Å². The number of esters is 1. The molecule has 1 fully saturated rings. The lowest BCUT2D eigenvalue weighted by molar-refractivity contribution is -0.158. The lowest BCUT2D eigenvalue weighted by Gasteiger charge is -2.38. The summed E-state index contributed by atoms with van der Waals surface area (Å²) in [5, 5.41) is 8.47. The van der Waals surface area contributed by atoms with Gasteiger partial charge in [0.1, 0.15) is 0 Å². The van der Waals surface area contributed by atoms with Crippen molar-refractivity contribution in [1.29, 1.82) is 5.26 Å². The Hall–Kier alpha value is -1.04. The highest BCUT2D eigenvalue weighted by Crippen LogP contribution is 2.45. The third-order valence-electron chi connectivity index (χ3n) is 2.25. The summed E-state index contributed by atoms with van der Waals surface area (Å²) in [7, 11) is 1.38. The van der Waals surface area contributed by atoms with E-state index in [1.165, 1.54) is 7.11 Å². The highest BCUT2D eigenvalue weighted by Gasteiger charge is 2.47. The molecule has 1 aliphatic rings. The van der Waals surface area contributed by atoms with E-state index in [0.717, 1.165) is 0 Å². The summed E-state index contributed by atoms with van der Waals surface area (Å²) in [6.07, 6.45) is 1.30. The summed E-state index contributed by atoms with van der Waals surface area (Å²) in [4.78, 5) is 11.0. The van der Waals surface area contributed by atoms with Crippen LogP contribution in [0.2, 0.25) is 0 Å². The number of nitriles is 1. The van der Waals surface area contributed by atoms with Crippen molar-refractivity contribution in [2.75, 3.05) is 7.11 Å². The van der Waals surface area contributed by atoms with Crippen LogP contribution in [0.4, 0.5) is 0 Å². The molecule has 0 aliphatic heterocycles. The number of methoxy groups -OCH3 is 1. The molecule has 0 aromatic carbocycles. The van der Waals surface area contributed by atoms with E-state index in [-0.39, 0.29) is 17.3 Å². The maximum absolute atomic E-state index is 11.0. The van der Waals surface area contributed by atoms with Crippen LogP contribution in [0.15, 0.2) is 0 Å². The average Bonchev–Trinajstić information content (AvgIpc) is 1.96. The summed E-state index contributed by atoms with van der Waals surface area (Å²) in [5.74, 6) is -0.136. The minimum Gasteiger partial charge on any atom is -0.469 e. The monoisotopic (exact) mass is 153 g/mol. The molecule has 11 heavy (non-hydrogen) atoms. The minimum atomic E-state index is -0.380. The lowest BCUT2D eigenvalue weighted by atomic mass is 9.64. The Morgan fingerprint density at radius 1 is 1.73 bits per heavy atom. The fourth-order valence-corrected chi connectivity index (χ4v) is 1.53. The molecule has 0 aromatic rings. The number of hydrogen-bond donors (Lipinski definition) is 0. The van der Waals surface area contributed by atoms with E-state index >= 15 is 0 Å². The molecule has 0 radical (unpaired) electrons. The SMILES string of the molecule is COC(=O)C1(C)CC(C#N)C1. The fraction of sp³-hybridized carbons (Fsp3) is 0.750. The highest BCUT2D eigenvalue weighted by atomic mass is 16.5. The topological polar surface area (TPSA) is 50.1 Å². The Morgan fingerprint density at radius 3 is 2.64 bits per heavy atom. The van der Waals surface area contributed by atoms with Crippen molar-refractivity contribution in [1.82, 2.24) is 0 Å². The quantitative estimate of drug-likeness (QED) is 0.530. The molecule has 0 saturated heterocycles. The molecule has 60 valence electrons. The van der Waals surface area contributed by atoms with Gasteiger partial charge in [0, 0.05) is 5.92 Å². The van der Waals surface area contributed by atoms with Crippen LogP contribution in [-0.4, -0.2) is 13.1 Å². The first-order valence-electron chi connectivity index (χ1n) is 3.60. The maximum Gasteiger partial charge on any atom is 0.311 e. The van der Waals surface area contributed by atoms with Crippen LogP contribution in [-0.2, 0) is 9.53 Å². The zero-order valence-corrected chi connectivity index (χ0v) is 6.76. The second-order valence-electron chi connectivity index (χ2n) is 3.29. The highest BCUT2D eigenvalue weighted by molar-refractivity contribution is 5.77. The third-order valence-corrected chi connectivity index (χ3v) is 2.25.